The Morgan fingerprint density at radius 2 is 1.59 bits per heavy atom. The molecule has 0 fully saturated rings. The number of guanidine groups is 1. The fraction of sp³-hybridized carbons (Fsp3) is 0.462. The molecule has 4 unspecified atom stereocenters. The van der Waals surface area contributed by atoms with E-state index in [9.17, 15) is 29.1 Å². The zero-order chi connectivity index (χ0) is 30.7. The zero-order valence-electron chi connectivity index (χ0n) is 23.1. The molecule has 0 saturated heterocycles. The van der Waals surface area contributed by atoms with Crippen LogP contribution in [0.2, 0.25) is 0 Å². The third-order valence-electron chi connectivity index (χ3n) is 6.30. The predicted molar refractivity (Wildman–Crippen MR) is 152 cm³/mol. The van der Waals surface area contributed by atoms with Crippen LogP contribution in [0.5, 0.6) is 0 Å². The molecular formula is C26H39N9O6. The van der Waals surface area contributed by atoms with E-state index in [2.05, 4.69) is 25.9 Å². The Hall–Kier alpha value is -4.66. The lowest BCUT2D eigenvalue weighted by atomic mass is 10.0. The van der Waals surface area contributed by atoms with Gasteiger partial charge in [0.15, 0.2) is 5.96 Å². The number of amides is 4. The minimum Gasteiger partial charge on any atom is -0.480 e. The van der Waals surface area contributed by atoms with Gasteiger partial charge in [-0.1, -0.05) is 32.0 Å². The second-order valence-electron chi connectivity index (χ2n) is 9.98. The van der Waals surface area contributed by atoms with Crippen LogP contribution in [0.1, 0.15) is 38.7 Å². The minimum absolute atomic E-state index is 0.0109. The number of benzene rings is 1. The van der Waals surface area contributed by atoms with Gasteiger partial charge in [0.2, 0.25) is 23.6 Å². The molecule has 0 radical (unpaired) electrons. The first-order valence-electron chi connectivity index (χ1n) is 13.1. The van der Waals surface area contributed by atoms with E-state index < -0.39 is 66.1 Å². The van der Waals surface area contributed by atoms with Crippen LogP contribution >= 0.6 is 0 Å². The number of nitrogens with one attached hydrogen (secondary N) is 4. The van der Waals surface area contributed by atoms with Gasteiger partial charge in [-0.3, -0.25) is 24.2 Å². The molecule has 1 aromatic heterocycles. The van der Waals surface area contributed by atoms with Crippen molar-refractivity contribution in [2.75, 3.05) is 6.54 Å². The molecule has 2 rings (SSSR count). The first-order chi connectivity index (χ1) is 19.3. The lowest BCUT2D eigenvalue weighted by Gasteiger charge is -2.26. The summed E-state index contributed by atoms with van der Waals surface area (Å²) in [6, 6.07) is 2.45. The molecule has 1 heterocycles. The number of hydrogen-bond acceptors (Lipinski definition) is 7. The maximum atomic E-state index is 13.6. The number of H-pyrrole nitrogens is 1. The van der Waals surface area contributed by atoms with Crippen LogP contribution < -0.4 is 38.9 Å². The number of aromatic nitrogens is 1. The third-order valence-corrected chi connectivity index (χ3v) is 6.30. The molecular weight excluding hydrogens is 534 g/mol. The molecule has 13 N–H and O–H groups in total. The Kier molecular flexibility index (Phi) is 12.1. The number of fused-ring (bicyclic) bond motifs is 1. The lowest BCUT2D eigenvalue weighted by Crippen LogP contribution is -2.58. The van der Waals surface area contributed by atoms with Crippen LogP contribution in [-0.4, -0.2) is 76.4 Å². The molecule has 0 bridgehead atoms. The maximum Gasteiger partial charge on any atom is 0.326 e. The lowest BCUT2D eigenvalue weighted by molar-refractivity contribution is -0.143. The van der Waals surface area contributed by atoms with E-state index >= 15 is 0 Å². The third kappa shape index (κ3) is 10.1. The number of aliphatic carboxylic acids is 1. The largest absolute Gasteiger partial charge is 0.480 e. The van der Waals surface area contributed by atoms with Gasteiger partial charge in [0.05, 0.1) is 12.5 Å². The SMILES string of the molecule is CC(C)C(NC(=O)C(CCCN=C(N)N)NC(=O)C(Cc1c[nH]c2ccccc12)NC(=O)C(N)CC(N)=O)C(=O)O. The van der Waals surface area contributed by atoms with Crippen LogP contribution in [-0.2, 0) is 30.4 Å². The van der Waals surface area contributed by atoms with E-state index in [1.807, 2.05) is 24.3 Å². The highest BCUT2D eigenvalue weighted by atomic mass is 16.4. The molecule has 0 spiro atoms. The highest BCUT2D eigenvalue weighted by Crippen LogP contribution is 2.19. The first kappa shape index (κ1) is 32.6. The Balaban J connectivity index is 2.33. The standard InChI is InChI=1S/C26H39N9O6/c1-13(2)21(25(40)41)35-23(38)18(8-5-9-31-26(29)30)33-24(39)19(34-22(37)16(27)11-20(28)36)10-14-12-32-17-7-4-3-6-15(14)17/h3-4,6-7,12-13,16,18-19,21,32H,5,8-11,27H2,1-2H3,(H2,28,36)(H,33,39)(H,34,37)(H,35,38)(H,40,41)(H4,29,30,31). The summed E-state index contributed by atoms with van der Waals surface area (Å²) in [5, 5.41) is 18.0. The van der Waals surface area contributed by atoms with Gasteiger partial charge >= 0.3 is 5.97 Å². The number of nitrogens with zero attached hydrogens (tertiary/aromatic N) is 1. The molecule has 0 aliphatic carbocycles. The van der Waals surface area contributed by atoms with Gasteiger partial charge < -0.3 is 49.0 Å². The molecule has 41 heavy (non-hydrogen) atoms. The molecule has 15 heteroatoms. The van der Waals surface area contributed by atoms with Crippen molar-refractivity contribution in [2.24, 2.45) is 33.8 Å². The van der Waals surface area contributed by atoms with Crippen molar-refractivity contribution in [3.05, 3.63) is 36.0 Å². The van der Waals surface area contributed by atoms with Crippen molar-refractivity contribution < 1.29 is 29.1 Å². The van der Waals surface area contributed by atoms with Crippen molar-refractivity contribution in [1.82, 2.24) is 20.9 Å². The van der Waals surface area contributed by atoms with E-state index in [4.69, 9.17) is 22.9 Å². The fourth-order valence-electron chi connectivity index (χ4n) is 4.13. The summed E-state index contributed by atoms with van der Waals surface area (Å²) in [4.78, 5) is 69.4. The number of carboxylic acids is 1. The van der Waals surface area contributed by atoms with Crippen LogP contribution in [0.25, 0.3) is 10.9 Å². The van der Waals surface area contributed by atoms with Gasteiger partial charge in [-0.25, -0.2) is 4.79 Å². The molecule has 15 nitrogen and oxygen atoms in total. The van der Waals surface area contributed by atoms with Crippen molar-refractivity contribution in [3.8, 4) is 0 Å². The minimum atomic E-state index is -1.30. The van der Waals surface area contributed by atoms with Gasteiger partial charge in [0.1, 0.15) is 18.1 Å². The number of para-hydroxylation sites is 1. The van der Waals surface area contributed by atoms with Crippen molar-refractivity contribution in [1.29, 1.82) is 0 Å². The number of primary amides is 1. The van der Waals surface area contributed by atoms with Gasteiger partial charge in [0, 0.05) is 30.1 Å². The van der Waals surface area contributed by atoms with E-state index in [1.165, 1.54) is 0 Å². The van der Waals surface area contributed by atoms with Crippen LogP contribution in [0.4, 0.5) is 0 Å². The van der Waals surface area contributed by atoms with Crippen LogP contribution in [0.15, 0.2) is 35.5 Å². The summed E-state index contributed by atoms with van der Waals surface area (Å²) >= 11 is 0. The predicted octanol–water partition coefficient (Wildman–Crippen LogP) is -1.84. The number of aromatic amines is 1. The van der Waals surface area contributed by atoms with Crippen molar-refractivity contribution in [3.63, 3.8) is 0 Å². The zero-order valence-corrected chi connectivity index (χ0v) is 23.1. The fourth-order valence-corrected chi connectivity index (χ4v) is 4.13. The number of rotatable bonds is 16. The average molecular weight is 574 g/mol. The molecule has 0 saturated carbocycles. The second kappa shape index (κ2) is 15.2. The molecule has 4 amide bonds. The number of hydrogen-bond donors (Lipinski definition) is 9. The molecule has 1 aromatic carbocycles. The number of aliphatic imine (C=N–C) groups is 1. The van der Waals surface area contributed by atoms with Crippen molar-refractivity contribution in [2.45, 2.75) is 63.7 Å². The topological polar surface area (TPSA) is 274 Å². The van der Waals surface area contributed by atoms with Crippen LogP contribution in [0, 0.1) is 5.92 Å². The molecule has 0 aliphatic heterocycles. The van der Waals surface area contributed by atoms with Crippen LogP contribution in [0.3, 0.4) is 0 Å². The Labute approximate surface area is 236 Å². The highest BCUT2D eigenvalue weighted by molar-refractivity contribution is 5.95. The first-order valence-corrected chi connectivity index (χ1v) is 13.1. The van der Waals surface area contributed by atoms with E-state index in [1.54, 1.807) is 20.0 Å². The molecule has 2 aromatic rings. The Morgan fingerprint density at radius 3 is 2.20 bits per heavy atom. The molecule has 0 aliphatic rings. The smallest absolute Gasteiger partial charge is 0.326 e. The number of carbonyl (C=O) groups is 5. The maximum absolute atomic E-state index is 13.6. The van der Waals surface area contributed by atoms with Gasteiger partial charge in [-0.2, -0.15) is 0 Å². The summed E-state index contributed by atoms with van der Waals surface area (Å²) in [6.07, 6.45) is 1.61. The number of carboxylic acid groups (broad SMARTS) is 1. The molecule has 224 valence electrons. The Morgan fingerprint density at radius 1 is 0.951 bits per heavy atom. The summed E-state index contributed by atoms with van der Waals surface area (Å²) in [7, 11) is 0. The van der Waals surface area contributed by atoms with E-state index in [0.29, 0.717) is 5.56 Å². The monoisotopic (exact) mass is 573 g/mol. The Bertz CT molecular complexity index is 1270. The average Bonchev–Trinajstić information content (AvgIpc) is 3.30. The van der Waals surface area contributed by atoms with Gasteiger partial charge in [-0.15, -0.1) is 0 Å². The van der Waals surface area contributed by atoms with Gasteiger partial charge in [0.25, 0.3) is 0 Å². The molecule has 4 atom stereocenters. The second-order valence-corrected chi connectivity index (χ2v) is 9.98. The normalized spacial score (nSPS) is 14.0. The highest BCUT2D eigenvalue weighted by Gasteiger charge is 2.31. The summed E-state index contributed by atoms with van der Waals surface area (Å²) in [5.41, 5.74) is 23.2. The van der Waals surface area contributed by atoms with E-state index in [-0.39, 0.29) is 31.8 Å². The quantitative estimate of drug-likeness (QED) is 0.0619. The summed E-state index contributed by atoms with van der Waals surface area (Å²) in [6.45, 7) is 3.42. The van der Waals surface area contributed by atoms with Crippen molar-refractivity contribution >= 4 is 46.5 Å². The van der Waals surface area contributed by atoms with E-state index in [0.717, 1.165) is 10.9 Å². The number of carbonyl (C=O) groups excluding carboxylic acids is 4. The van der Waals surface area contributed by atoms with Gasteiger partial charge in [-0.05, 0) is 30.4 Å². The summed E-state index contributed by atoms with van der Waals surface area (Å²) in [5.74, 6) is -4.85. The summed E-state index contributed by atoms with van der Waals surface area (Å²) < 4.78 is 0. The number of nitrogens with two attached hydrogens (primary N) is 4.